The number of alkyl halides is 3. The summed E-state index contributed by atoms with van der Waals surface area (Å²) in [6.07, 6.45) is -1.56. The first-order valence-electron chi connectivity index (χ1n) is 4.64. The number of hydrogen-bond acceptors (Lipinski definition) is 4. The fourth-order valence-corrected chi connectivity index (χ4v) is 1.44. The van der Waals surface area contributed by atoms with Crippen LogP contribution in [0.25, 0.3) is 0 Å². The van der Waals surface area contributed by atoms with Gasteiger partial charge in [0.2, 0.25) is 5.88 Å². The maximum Gasteiger partial charge on any atom is 0.435 e. The van der Waals surface area contributed by atoms with E-state index in [1.807, 2.05) is 0 Å². The zero-order chi connectivity index (χ0) is 13.2. The van der Waals surface area contributed by atoms with E-state index >= 15 is 0 Å². The summed E-state index contributed by atoms with van der Waals surface area (Å²) in [5, 5.41) is 6.37. The van der Waals surface area contributed by atoms with Gasteiger partial charge in [0.25, 0.3) is 0 Å². The van der Waals surface area contributed by atoms with E-state index in [2.05, 4.69) is 31.1 Å². The summed E-state index contributed by atoms with van der Waals surface area (Å²) in [4.78, 5) is 3.84. The Bertz CT molecular complexity index is 545. The molecular weight excluding hydrogens is 315 g/mol. The van der Waals surface area contributed by atoms with E-state index in [0.717, 1.165) is 12.1 Å². The van der Waals surface area contributed by atoms with Crippen LogP contribution in [-0.2, 0) is 6.18 Å². The van der Waals surface area contributed by atoms with E-state index < -0.39 is 11.9 Å². The zero-order valence-corrected chi connectivity index (χ0v) is 10.2. The zero-order valence-electron chi connectivity index (χ0n) is 8.65. The van der Waals surface area contributed by atoms with Crippen LogP contribution in [0.2, 0.25) is 0 Å². The Balaban J connectivity index is 2.16. The molecule has 4 nitrogen and oxygen atoms in total. The summed E-state index contributed by atoms with van der Waals surface area (Å²) in [6.45, 7) is 0. The average molecular weight is 320 g/mol. The van der Waals surface area contributed by atoms with Crippen molar-refractivity contribution in [3.05, 3.63) is 40.8 Å². The third-order valence-corrected chi connectivity index (χ3v) is 2.27. The number of aromatic nitrogens is 3. The van der Waals surface area contributed by atoms with E-state index in [0.29, 0.717) is 10.2 Å². The van der Waals surface area contributed by atoms with E-state index in [4.69, 9.17) is 4.74 Å². The van der Waals surface area contributed by atoms with Crippen LogP contribution in [0.15, 0.2) is 35.1 Å². The molecular formula is C10H5BrF3N3O. The Kier molecular flexibility index (Phi) is 3.46. The first-order valence-corrected chi connectivity index (χ1v) is 5.44. The standard InChI is InChI=1S/C10H5BrF3N3O/c11-6-3-7(5-15-4-6)18-9-2-1-8(16-17-9)10(12,13)14/h1-5H. The summed E-state index contributed by atoms with van der Waals surface area (Å²) in [5.74, 6) is 0.307. The molecule has 0 atom stereocenters. The van der Waals surface area contributed by atoms with Crippen molar-refractivity contribution in [3.63, 3.8) is 0 Å². The predicted octanol–water partition coefficient (Wildman–Crippen LogP) is 3.45. The molecule has 18 heavy (non-hydrogen) atoms. The fourth-order valence-electron chi connectivity index (χ4n) is 1.09. The van der Waals surface area contributed by atoms with Crippen molar-refractivity contribution in [3.8, 4) is 11.6 Å². The maximum absolute atomic E-state index is 12.2. The second kappa shape index (κ2) is 4.89. The molecule has 0 radical (unpaired) electrons. The van der Waals surface area contributed by atoms with Gasteiger partial charge in [0, 0.05) is 16.7 Å². The Morgan fingerprint density at radius 3 is 2.44 bits per heavy atom. The summed E-state index contributed by atoms with van der Waals surface area (Å²) in [5.41, 5.74) is -1.07. The van der Waals surface area contributed by atoms with Gasteiger partial charge in [-0.05, 0) is 28.1 Å². The molecule has 2 aromatic heterocycles. The smallest absolute Gasteiger partial charge is 0.435 e. The van der Waals surface area contributed by atoms with Crippen molar-refractivity contribution in [2.45, 2.75) is 6.18 Å². The van der Waals surface area contributed by atoms with Gasteiger partial charge in [0.15, 0.2) is 5.69 Å². The van der Waals surface area contributed by atoms with Crippen LogP contribution in [0.5, 0.6) is 11.6 Å². The van der Waals surface area contributed by atoms with Crippen molar-refractivity contribution >= 4 is 15.9 Å². The molecule has 0 aliphatic rings. The van der Waals surface area contributed by atoms with Crippen molar-refractivity contribution in [1.82, 2.24) is 15.2 Å². The topological polar surface area (TPSA) is 47.9 Å². The Hall–Kier alpha value is -1.70. The minimum atomic E-state index is -4.51. The number of rotatable bonds is 2. The summed E-state index contributed by atoms with van der Waals surface area (Å²) in [6, 6.07) is 3.50. The molecule has 8 heteroatoms. The van der Waals surface area contributed by atoms with Crippen LogP contribution in [0.1, 0.15) is 5.69 Å². The molecule has 0 aliphatic carbocycles. The molecule has 0 bridgehead atoms. The van der Waals surface area contributed by atoms with Crippen LogP contribution in [0, 0.1) is 0 Å². The Morgan fingerprint density at radius 1 is 1.11 bits per heavy atom. The fraction of sp³-hybridized carbons (Fsp3) is 0.100. The maximum atomic E-state index is 12.2. The van der Waals surface area contributed by atoms with Crippen LogP contribution in [0.3, 0.4) is 0 Å². The third kappa shape index (κ3) is 3.16. The van der Waals surface area contributed by atoms with Crippen molar-refractivity contribution in [2.24, 2.45) is 0 Å². The summed E-state index contributed by atoms with van der Waals surface area (Å²) >= 11 is 3.19. The average Bonchev–Trinajstić information content (AvgIpc) is 2.28. The van der Waals surface area contributed by atoms with E-state index in [9.17, 15) is 13.2 Å². The molecule has 94 valence electrons. The number of hydrogen-bond donors (Lipinski definition) is 0. The molecule has 2 heterocycles. The van der Waals surface area contributed by atoms with Gasteiger partial charge in [-0.1, -0.05) is 0 Å². The van der Waals surface area contributed by atoms with Gasteiger partial charge < -0.3 is 4.74 Å². The molecule has 0 aliphatic heterocycles. The lowest BCUT2D eigenvalue weighted by Crippen LogP contribution is -2.08. The molecule has 0 amide bonds. The highest BCUT2D eigenvalue weighted by molar-refractivity contribution is 9.10. The van der Waals surface area contributed by atoms with Gasteiger partial charge in [0.05, 0.1) is 6.20 Å². The van der Waals surface area contributed by atoms with Crippen LogP contribution < -0.4 is 4.74 Å². The summed E-state index contributed by atoms with van der Waals surface area (Å²) in [7, 11) is 0. The third-order valence-electron chi connectivity index (χ3n) is 1.83. The van der Waals surface area contributed by atoms with E-state index in [-0.39, 0.29) is 5.88 Å². The number of nitrogens with zero attached hydrogens (tertiary/aromatic N) is 3. The predicted molar refractivity (Wildman–Crippen MR) is 59.0 cm³/mol. The van der Waals surface area contributed by atoms with Crippen LogP contribution in [0.4, 0.5) is 13.2 Å². The quantitative estimate of drug-likeness (QED) is 0.850. The second-order valence-corrected chi connectivity index (χ2v) is 4.11. The van der Waals surface area contributed by atoms with Crippen molar-refractivity contribution < 1.29 is 17.9 Å². The normalized spacial score (nSPS) is 11.3. The number of ether oxygens (including phenoxy) is 1. The highest BCUT2D eigenvalue weighted by Crippen LogP contribution is 2.28. The summed E-state index contributed by atoms with van der Waals surface area (Å²) < 4.78 is 42.6. The van der Waals surface area contributed by atoms with Gasteiger partial charge in [-0.15, -0.1) is 10.2 Å². The van der Waals surface area contributed by atoms with E-state index in [1.54, 1.807) is 12.3 Å². The van der Waals surface area contributed by atoms with Gasteiger partial charge in [0.1, 0.15) is 5.75 Å². The molecule has 0 saturated carbocycles. The molecule has 2 aromatic rings. The van der Waals surface area contributed by atoms with Crippen LogP contribution >= 0.6 is 15.9 Å². The number of pyridine rings is 1. The minimum Gasteiger partial charge on any atom is -0.436 e. The SMILES string of the molecule is FC(F)(F)c1ccc(Oc2cncc(Br)c2)nn1. The number of halogens is 4. The van der Waals surface area contributed by atoms with Crippen LogP contribution in [-0.4, -0.2) is 15.2 Å². The van der Waals surface area contributed by atoms with E-state index in [1.165, 1.54) is 6.20 Å². The molecule has 0 spiro atoms. The lowest BCUT2D eigenvalue weighted by Gasteiger charge is -2.06. The van der Waals surface area contributed by atoms with Gasteiger partial charge in [-0.2, -0.15) is 13.2 Å². The van der Waals surface area contributed by atoms with Gasteiger partial charge in [-0.3, -0.25) is 4.98 Å². The van der Waals surface area contributed by atoms with Gasteiger partial charge in [-0.25, -0.2) is 0 Å². The largest absolute Gasteiger partial charge is 0.436 e. The molecule has 0 saturated heterocycles. The second-order valence-electron chi connectivity index (χ2n) is 3.20. The molecule has 2 rings (SSSR count). The Labute approximate surface area is 108 Å². The van der Waals surface area contributed by atoms with Crippen molar-refractivity contribution in [2.75, 3.05) is 0 Å². The Morgan fingerprint density at radius 2 is 1.89 bits per heavy atom. The molecule has 0 fully saturated rings. The first kappa shape index (κ1) is 12.7. The highest BCUT2D eigenvalue weighted by Gasteiger charge is 2.32. The lowest BCUT2D eigenvalue weighted by atomic mass is 10.4. The molecule has 0 aromatic carbocycles. The molecule has 0 N–H and O–H groups in total. The van der Waals surface area contributed by atoms with Gasteiger partial charge >= 0.3 is 6.18 Å². The first-order chi connectivity index (χ1) is 8.45. The minimum absolute atomic E-state index is 0.0390. The molecule has 0 unspecified atom stereocenters. The monoisotopic (exact) mass is 319 g/mol. The highest BCUT2D eigenvalue weighted by atomic mass is 79.9. The van der Waals surface area contributed by atoms with Crippen molar-refractivity contribution in [1.29, 1.82) is 0 Å². The lowest BCUT2D eigenvalue weighted by molar-refractivity contribution is -0.141.